The Morgan fingerprint density at radius 1 is 0.960 bits per heavy atom. The molecule has 0 amide bonds. The van der Waals surface area contributed by atoms with Crippen molar-refractivity contribution in [1.82, 2.24) is 4.90 Å². The molecule has 1 heterocycles. The average molecular weight is 341 g/mol. The summed E-state index contributed by atoms with van der Waals surface area (Å²) in [4.78, 5) is 13.2. The SMILES string of the molecule is O=C(O)C1CCN(CCOc2ccc(Oc3ccccc3)cc2)CC1. The van der Waals surface area contributed by atoms with Gasteiger partial charge in [0.1, 0.15) is 23.9 Å². The molecule has 0 aromatic heterocycles. The van der Waals surface area contributed by atoms with Crippen LogP contribution in [0.15, 0.2) is 54.6 Å². The van der Waals surface area contributed by atoms with E-state index in [1.807, 2.05) is 54.6 Å². The van der Waals surface area contributed by atoms with Crippen LogP contribution in [-0.4, -0.2) is 42.2 Å². The number of aliphatic carboxylic acids is 1. The fourth-order valence-electron chi connectivity index (χ4n) is 2.92. The summed E-state index contributed by atoms with van der Waals surface area (Å²) in [6.45, 7) is 3.06. The van der Waals surface area contributed by atoms with Gasteiger partial charge >= 0.3 is 5.97 Å². The van der Waals surface area contributed by atoms with Crippen molar-refractivity contribution in [2.75, 3.05) is 26.2 Å². The van der Waals surface area contributed by atoms with E-state index >= 15 is 0 Å². The zero-order chi connectivity index (χ0) is 17.5. The van der Waals surface area contributed by atoms with Crippen LogP contribution in [0.3, 0.4) is 0 Å². The van der Waals surface area contributed by atoms with Crippen molar-refractivity contribution in [3.05, 3.63) is 54.6 Å². The summed E-state index contributed by atoms with van der Waals surface area (Å²) in [7, 11) is 0. The molecule has 0 atom stereocenters. The van der Waals surface area contributed by atoms with Gasteiger partial charge < -0.3 is 14.6 Å². The van der Waals surface area contributed by atoms with E-state index in [-0.39, 0.29) is 5.92 Å². The van der Waals surface area contributed by atoms with Crippen molar-refractivity contribution in [2.24, 2.45) is 5.92 Å². The van der Waals surface area contributed by atoms with Gasteiger partial charge in [0.15, 0.2) is 0 Å². The molecule has 5 heteroatoms. The van der Waals surface area contributed by atoms with E-state index in [2.05, 4.69) is 4.90 Å². The first-order valence-electron chi connectivity index (χ1n) is 8.61. The maximum atomic E-state index is 10.9. The topological polar surface area (TPSA) is 59.0 Å². The van der Waals surface area contributed by atoms with Gasteiger partial charge in [-0.2, -0.15) is 0 Å². The van der Waals surface area contributed by atoms with Crippen LogP contribution in [0, 0.1) is 5.92 Å². The molecule has 1 fully saturated rings. The first-order chi connectivity index (χ1) is 12.2. The van der Waals surface area contributed by atoms with E-state index in [4.69, 9.17) is 14.6 Å². The molecule has 0 saturated carbocycles. The minimum Gasteiger partial charge on any atom is -0.492 e. The third-order valence-corrected chi connectivity index (χ3v) is 4.42. The Balaban J connectivity index is 1.40. The normalized spacial score (nSPS) is 15.7. The molecular formula is C20H23NO4. The van der Waals surface area contributed by atoms with Gasteiger partial charge in [-0.15, -0.1) is 0 Å². The van der Waals surface area contributed by atoms with E-state index in [1.54, 1.807) is 0 Å². The predicted octanol–water partition coefficient (Wildman–Crippen LogP) is 3.65. The second-order valence-electron chi connectivity index (χ2n) is 6.19. The van der Waals surface area contributed by atoms with Crippen LogP contribution in [0.2, 0.25) is 0 Å². The summed E-state index contributed by atoms with van der Waals surface area (Å²) in [5.74, 6) is 1.53. The van der Waals surface area contributed by atoms with Gasteiger partial charge in [-0.05, 0) is 62.3 Å². The Hall–Kier alpha value is -2.53. The number of carboxylic acid groups (broad SMARTS) is 1. The number of rotatable bonds is 7. The second-order valence-corrected chi connectivity index (χ2v) is 6.19. The molecule has 3 rings (SSSR count). The molecule has 1 N–H and O–H groups in total. The van der Waals surface area contributed by atoms with Crippen molar-refractivity contribution < 1.29 is 19.4 Å². The number of carbonyl (C=O) groups is 1. The van der Waals surface area contributed by atoms with Crippen LogP contribution in [0.1, 0.15) is 12.8 Å². The molecule has 0 aliphatic carbocycles. The van der Waals surface area contributed by atoms with Crippen molar-refractivity contribution in [1.29, 1.82) is 0 Å². The highest BCUT2D eigenvalue weighted by Gasteiger charge is 2.24. The lowest BCUT2D eigenvalue weighted by Crippen LogP contribution is -2.38. The highest BCUT2D eigenvalue weighted by atomic mass is 16.5. The van der Waals surface area contributed by atoms with E-state index in [0.717, 1.165) is 49.7 Å². The number of hydrogen-bond donors (Lipinski definition) is 1. The van der Waals surface area contributed by atoms with Crippen molar-refractivity contribution >= 4 is 5.97 Å². The molecule has 25 heavy (non-hydrogen) atoms. The summed E-state index contributed by atoms with van der Waals surface area (Å²) in [6, 6.07) is 17.2. The van der Waals surface area contributed by atoms with Gasteiger partial charge in [-0.25, -0.2) is 0 Å². The standard InChI is InChI=1S/C20H23NO4/c22-20(23)16-10-12-21(13-11-16)14-15-24-17-6-8-19(9-7-17)25-18-4-2-1-3-5-18/h1-9,16H,10-15H2,(H,22,23). The van der Waals surface area contributed by atoms with Crippen molar-refractivity contribution in [3.8, 4) is 17.2 Å². The van der Waals surface area contributed by atoms with Crippen molar-refractivity contribution in [3.63, 3.8) is 0 Å². The van der Waals surface area contributed by atoms with Gasteiger partial charge in [0.2, 0.25) is 0 Å². The lowest BCUT2D eigenvalue weighted by atomic mass is 9.97. The maximum absolute atomic E-state index is 10.9. The number of piperidine rings is 1. The summed E-state index contributed by atoms with van der Waals surface area (Å²) in [5, 5.41) is 9.01. The molecular weight excluding hydrogens is 318 g/mol. The van der Waals surface area contributed by atoms with E-state index < -0.39 is 5.97 Å². The Morgan fingerprint density at radius 2 is 1.56 bits per heavy atom. The minimum atomic E-state index is -0.672. The number of ether oxygens (including phenoxy) is 2. The van der Waals surface area contributed by atoms with Crippen molar-refractivity contribution in [2.45, 2.75) is 12.8 Å². The predicted molar refractivity (Wildman–Crippen MR) is 95.3 cm³/mol. The summed E-state index contributed by atoms with van der Waals surface area (Å²) < 4.78 is 11.5. The Kier molecular flexibility index (Phi) is 5.90. The van der Waals surface area contributed by atoms with Gasteiger partial charge in [-0.1, -0.05) is 18.2 Å². The fourth-order valence-corrected chi connectivity index (χ4v) is 2.92. The average Bonchev–Trinajstić information content (AvgIpc) is 2.64. The smallest absolute Gasteiger partial charge is 0.306 e. The lowest BCUT2D eigenvalue weighted by Gasteiger charge is -2.29. The number of hydrogen-bond acceptors (Lipinski definition) is 4. The van der Waals surface area contributed by atoms with E-state index in [1.165, 1.54) is 0 Å². The van der Waals surface area contributed by atoms with E-state index in [0.29, 0.717) is 6.61 Å². The fraction of sp³-hybridized carbons (Fsp3) is 0.350. The molecule has 1 aliphatic rings. The lowest BCUT2D eigenvalue weighted by molar-refractivity contribution is -0.143. The largest absolute Gasteiger partial charge is 0.492 e. The molecule has 132 valence electrons. The number of likely N-dealkylation sites (tertiary alicyclic amines) is 1. The highest BCUT2D eigenvalue weighted by molar-refractivity contribution is 5.70. The summed E-state index contributed by atoms with van der Waals surface area (Å²) in [6.07, 6.45) is 1.45. The maximum Gasteiger partial charge on any atom is 0.306 e. The molecule has 1 saturated heterocycles. The first-order valence-corrected chi connectivity index (χ1v) is 8.61. The van der Waals surface area contributed by atoms with Crippen LogP contribution in [-0.2, 0) is 4.79 Å². The Morgan fingerprint density at radius 3 is 2.20 bits per heavy atom. The molecule has 5 nitrogen and oxygen atoms in total. The number of para-hydroxylation sites is 1. The molecule has 0 unspecified atom stereocenters. The summed E-state index contributed by atoms with van der Waals surface area (Å²) >= 11 is 0. The zero-order valence-corrected chi connectivity index (χ0v) is 14.1. The number of carboxylic acids is 1. The molecule has 1 aliphatic heterocycles. The van der Waals surface area contributed by atoms with Crippen LogP contribution >= 0.6 is 0 Å². The first kappa shape index (κ1) is 17.3. The molecule has 0 bridgehead atoms. The quantitative estimate of drug-likeness (QED) is 0.833. The third-order valence-electron chi connectivity index (χ3n) is 4.42. The molecule has 0 radical (unpaired) electrons. The second kappa shape index (κ2) is 8.53. The Bertz CT molecular complexity index is 664. The molecule has 2 aromatic carbocycles. The zero-order valence-electron chi connectivity index (χ0n) is 14.1. The molecule has 2 aromatic rings. The monoisotopic (exact) mass is 341 g/mol. The van der Waals surface area contributed by atoms with Gasteiger partial charge in [0.25, 0.3) is 0 Å². The van der Waals surface area contributed by atoms with Gasteiger partial charge in [-0.3, -0.25) is 9.69 Å². The molecule has 0 spiro atoms. The summed E-state index contributed by atoms with van der Waals surface area (Å²) in [5.41, 5.74) is 0. The van der Waals surface area contributed by atoms with Crippen LogP contribution in [0.4, 0.5) is 0 Å². The van der Waals surface area contributed by atoms with Crippen LogP contribution in [0.25, 0.3) is 0 Å². The van der Waals surface area contributed by atoms with E-state index in [9.17, 15) is 4.79 Å². The number of benzene rings is 2. The van der Waals surface area contributed by atoms with Crippen LogP contribution < -0.4 is 9.47 Å². The third kappa shape index (κ3) is 5.22. The minimum absolute atomic E-state index is 0.186. The van der Waals surface area contributed by atoms with Crippen LogP contribution in [0.5, 0.6) is 17.2 Å². The van der Waals surface area contributed by atoms with Gasteiger partial charge in [0.05, 0.1) is 5.92 Å². The number of nitrogens with zero attached hydrogens (tertiary/aromatic N) is 1. The Labute approximate surface area is 147 Å². The van der Waals surface area contributed by atoms with Gasteiger partial charge in [0, 0.05) is 6.54 Å². The highest BCUT2D eigenvalue weighted by Crippen LogP contribution is 2.23.